The van der Waals surface area contributed by atoms with Crippen LogP contribution in [-0.2, 0) is 10.0 Å². The molecule has 0 atom stereocenters. The maximum Gasteiger partial charge on any atom is 0.262 e. The minimum atomic E-state index is -3.91. The molecule has 0 unspecified atom stereocenters. The highest BCUT2D eigenvalue weighted by atomic mass is 79.9. The average Bonchev–Trinajstić information content (AvgIpc) is 2.35. The molecule has 0 radical (unpaired) electrons. The zero-order chi connectivity index (χ0) is 14.0. The van der Waals surface area contributed by atoms with E-state index in [-0.39, 0.29) is 15.1 Å². The minimum absolute atomic E-state index is 0.00868. The lowest BCUT2D eigenvalue weighted by Crippen LogP contribution is -2.14. The Morgan fingerprint density at radius 1 is 1.05 bits per heavy atom. The first kappa shape index (κ1) is 14.0. The van der Waals surface area contributed by atoms with Crippen LogP contribution in [0.15, 0.2) is 51.8 Å². The van der Waals surface area contributed by atoms with Gasteiger partial charge < -0.3 is 0 Å². The molecule has 2 rings (SSSR count). The fourth-order valence-corrected chi connectivity index (χ4v) is 3.18. The van der Waals surface area contributed by atoms with Gasteiger partial charge >= 0.3 is 0 Å². The zero-order valence-corrected chi connectivity index (χ0v) is 11.8. The van der Waals surface area contributed by atoms with Crippen molar-refractivity contribution >= 4 is 31.6 Å². The summed E-state index contributed by atoms with van der Waals surface area (Å²) in [7, 11) is -3.91. The second-order valence-corrected chi connectivity index (χ2v) is 6.20. The van der Waals surface area contributed by atoms with Crippen molar-refractivity contribution < 1.29 is 17.2 Å². The first-order valence-electron chi connectivity index (χ1n) is 5.12. The third kappa shape index (κ3) is 3.10. The summed E-state index contributed by atoms with van der Waals surface area (Å²) in [6.45, 7) is 0. The first-order chi connectivity index (χ1) is 8.90. The maximum absolute atomic E-state index is 13.6. The SMILES string of the molecule is O=S(=O)(Nc1c(F)cc(F)cc1Br)c1ccccc1. The number of benzene rings is 2. The van der Waals surface area contributed by atoms with E-state index in [2.05, 4.69) is 20.7 Å². The van der Waals surface area contributed by atoms with Gasteiger partial charge in [0.15, 0.2) is 5.82 Å². The second kappa shape index (κ2) is 5.26. The third-order valence-electron chi connectivity index (χ3n) is 2.30. The van der Waals surface area contributed by atoms with Crippen molar-refractivity contribution in [2.75, 3.05) is 4.72 Å². The molecule has 7 heteroatoms. The fourth-order valence-electron chi connectivity index (χ4n) is 1.43. The van der Waals surface area contributed by atoms with Crippen LogP contribution in [-0.4, -0.2) is 8.42 Å². The molecule has 0 amide bonds. The second-order valence-electron chi connectivity index (χ2n) is 3.66. The zero-order valence-electron chi connectivity index (χ0n) is 9.40. The summed E-state index contributed by atoms with van der Waals surface area (Å²) in [6, 6.07) is 9.08. The first-order valence-corrected chi connectivity index (χ1v) is 7.40. The predicted octanol–water partition coefficient (Wildman–Crippen LogP) is 3.53. The van der Waals surface area contributed by atoms with Gasteiger partial charge in [0.25, 0.3) is 10.0 Å². The van der Waals surface area contributed by atoms with Gasteiger partial charge in [-0.05, 0) is 34.1 Å². The number of hydrogen-bond donors (Lipinski definition) is 1. The topological polar surface area (TPSA) is 46.2 Å². The van der Waals surface area contributed by atoms with Crippen molar-refractivity contribution in [3.05, 3.63) is 58.6 Å². The molecule has 0 aliphatic heterocycles. The Kier molecular flexibility index (Phi) is 3.86. The number of rotatable bonds is 3. The molecule has 19 heavy (non-hydrogen) atoms. The molecule has 0 aliphatic carbocycles. The average molecular weight is 348 g/mol. The van der Waals surface area contributed by atoms with Crippen LogP contribution >= 0.6 is 15.9 Å². The van der Waals surface area contributed by atoms with Gasteiger partial charge in [-0.3, -0.25) is 4.72 Å². The lowest BCUT2D eigenvalue weighted by molar-refractivity contribution is 0.581. The third-order valence-corrected chi connectivity index (χ3v) is 4.29. The summed E-state index contributed by atoms with van der Waals surface area (Å²) in [5.74, 6) is -1.79. The minimum Gasteiger partial charge on any atom is -0.275 e. The van der Waals surface area contributed by atoms with Crippen molar-refractivity contribution in [3.63, 3.8) is 0 Å². The molecule has 2 aromatic carbocycles. The van der Waals surface area contributed by atoms with Gasteiger partial charge in [0.2, 0.25) is 0 Å². The largest absolute Gasteiger partial charge is 0.275 e. The molecular weight excluding hydrogens is 340 g/mol. The molecule has 0 saturated heterocycles. The summed E-state index contributed by atoms with van der Waals surface area (Å²) in [5.41, 5.74) is -0.328. The number of hydrogen-bond acceptors (Lipinski definition) is 2. The van der Waals surface area contributed by atoms with Gasteiger partial charge in [-0.2, -0.15) is 0 Å². The summed E-state index contributed by atoms with van der Waals surface area (Å²) in [5, 5.41) is 0. The lowest BCUT2D eigenvalue weighted by Gasteiger charge is -2.10. The molecule has 0 fully saturated rings. The molecule has 3 nitrogen and oxygen atoms in total. The van der Waals surface area contributed by atoms with Crippen LogP contribution in [0.25, 0.3) is 0 Å². The molecule has 0 saturated carbocycles. The lowest BCUT2D eigenvalue weighted by atomic mass is 10.3. The highest BCUT2D eigenvalue weighted by Gasteiger charge is 2.18. The van der Waals surface area contributed by atoms with E-state index >= 15 is 0 Å². The van der Waals surface area contributed by atoms with Crippen LogP contribution in [0.1, 0.15) is 0 Å². The number of anilines is 1. The van der Waals surface area contributed by atoms with Crippen molar-refractivity contribution in [1.82, 2.24) is 0 Å². The van der Waals surface area contributed by atoms with Crippen LogP contribution < -0.4 is 4.72 Å². The van der Waals surface area contributed by atoms with E-state index in [0.29, 0.717) is 6.07 Å². The summed E-state index contributed by atoms with van der Waals surface area (Å²) in [6.07, 6.45) is 0. The van der Waals surface area contributed by atoms with Gasteiger partial charge in [-0.1, -0.05) is 18.2 Å². The quantitative estimate of drug-likeness (QED) is 0.923. The maximum atomic E-state index is 13.6. The van der Waals surface area contributed by atoms with Gasteiger partial charge in [-0.15, -0.1) is 0 Å². The molecule has 0 aromatic heterocycles. The van der Waals surface area contributed by atoms with E-state index in [9.17, 15) is 17.2 Å². The van der Waals surface area contributed by atoms with Crippen LogP contribution in [0.3, 0.4) is 0 Å². The standard InChI is InChI=1S/C12H8BrF2NO2S/c13-10-6-8(14)7-11(15)12(10)16-19(17,18)9-4-2-1-3-5-9/h1-7,16H. The van der Waals surface area contributed by atoms with E-state index < -0.39 is 21.7 Å². The van der Waals surface area contributed by atoms with E-state index in [1.807, 2.05) is 0 Å². The summed E-state index contributed by atoms with van der Waals surface area (Å²) < 4.78 is 52.5. The molecule has 2 aromatic rings. The fraction of sp³-hybridized carbons (Fsp3) is 0. The van der Waals surface area contributed by atoms with Crippen molar-refractivity contribution in [1.29, 1.82) is 0 Å². The van der Waals surface area contributed by atoms with Crippen LogP contribution in [0.5, 0.6) is 0 Å². The number of nitrogens with one attached hydrogen (secondary N) is 1. The van der Waals surface area contributed by atoms with Gasteiger partial charge in [-0.25, -0.2) is 17.2 Å². The molecule has 0 spiro atoms. The Bertz CT molecular complexity index is 682. The molecule has 100 valence electrons. The predicted molar refractivity (Wildman–Crippen MR) is 71.3 cm³/mol. The van der Waals surface area contributed by atoms with E-state index in [0.717, 1.165) is 6.07 Å². The highest BCUT2D eigenvalue weighted by molar-refractivity contribution is 9.10. The molecular formula is C12H8BrF2NO2S. The smallest absolute Gasteiger partial charge is 0.262 e. The van der Waals surface area contributed by atoms with Gasteiger partial charge in [0, 0.05) is 10.5 Å². The van der Waals surface area contributed by atoms with Crippen molar-refractivity contribution in [3.8, 4) is 0 Å². The molecule has 0 heterocycles. The highest BCUT2D eigenvalue weighted by Crippen LogP contribution is 2.28. The van der Waals surface area contributed by atoms with Crippen LogP contribution in [0.2, 0.25) is 0 Å². The van der Waals surface area contributed by atoms with Crippen molar-refractivity contribution in [2.45, 2.75) is 4.90 Å². The van der Waals surface area contributed by atoms with Crippen molar-refractivity contribution in [2.24, 2.45) is 0 Å². The Hall–Kier alpha value is -1.47. The van der Waals surface area contributed by atoms with E-state index in [1.54, 1.807) is 18.2 Å². The van der Waals surface area contributed by atoms with Crippen LogP contribution in [0.4, 0.5) is 14.5 Å². The van der Waals surface area contributed by atoms with Gasteiger partial charge in [0.05, 0.1) is 10.6 Å². The monoisotopic (exact) mass is 347 g/mol. The van der Waals surface area contributed by atoms with E-state index in [1.165, 1.54) is 12.1 Å². The number of halogens is 3. The normalized spacial score (nSPS) is 11.3. The Morgan fingerprint density at radius 3 is 2.26 bits per heavy atom. The Labute approximate surface area is 117 Å². The summed E-state index contributed by atoms with van der Waals surface area (Å²) >= 11 is 2.92. The van der Waals surface area contributed by atoms with E-state index in [4.69, 9.17) is 0 Å². The molecule has 0 bridgehead atoms. The summed E-state index contributed by atoms with van der Waals surface area (Å²) in [4.78, 5) is -0.00868. The molecule has 0 aliphatic rings. The Balaban J connectivity index is 2.42. The number of sulfonamides is 1. The van der Waals surface area contributed by atoms with Crippen LogP contribution in [0, 0.1) is 11.6 Å². The molecule has 1 N–H and O–H groups in total. The Morgan fingerprint density at radius 2 is 1.68 bits per heavy atom. The van der Waals surface area contributed by atoms with Gasteiger partial charge in [0.1, 0.15) is 5.82 Å².